The Morgan fingerprint density at radius 2 is 1.90 bits per heavy atom. The maximum absolute atomic E-state index is 12.7. The molecule has 1 N–H and O–H groups in total. The molecule has 156 valence electrons. The van der Waals surface area contributed by atoms with Crippen LogP contribution in [0.2, 0.25) is 0 Å². The van der Waals surface area contributed by atoms with Gasteiger partial charge in [0.15, 0.2) is 5.76 Å². The topological polar surface area (TPSA) is 58.0 Å². The molecular weight excluding hydrogens is 434 g/mol. The van der Waals surface area contributed by atoms with Crippen LogP contribution in [0.15, 0.2) is 39.4 Å². The number of benzene rings is 1. The second kappa shape index (κ2) is 9.78. The summed E-state index contributed by atoms with van der Waals surface area (Å²) >= 11 is 3.79. The van der Waals surface area contributed by atoms with E-state index in [1.165, 1.54) is 31.1 Å². The number of carbonyl (C=O) groups is 1. The Labute approximate surface area is 180 Å². The number of anilines is 2. The minimum Gasteiger partial charge on any atom is -0.459 e. The molecule has 1 amide bonds. The van der Waals surface area contributed by atoms with E-state index in [1.54, 1.807) is 12.1 Å². The lowest BCUT2D eigenvalue weighted by Gasteiger charge is -2.32. The molecule has 0 radical (unpaired) electrons. The van der Waals surface area contributed by atoms with Gasteiger partial charge in [-0.1, -0.05) is 0 Å². The quantitative estimate of drug-likeness (QED) is 0.699. The standard InChI is InChI=1S/C22H28BrN3O3/c23-18-15-17(6-9-25-10-13-28-14-11-25)16-19(21(18)26-7-2-1-3-8-26)24-22(27)20-5-4-12-29-20/h4-5,12,15-16H,1-3,6-11,13-14H2,(H,24,27). The summed E-state index contributed by atoms with van der Waals surface area (Å²) in [4.78, 5) is 17.5. The molecule has 2 saturated heterocycles. The fourth-order valence-electron chi connectivity index (χ4n) is 4.04. The van der Waals surface area contributed by atoms with E-state index in [0.29, 0.717) is 5.76 Å². The van der Waals surface area contributed by atoms with Crippen molar-refractivity contribution >= 4 is 33.2 Å². The maximum Gasteiger partial charge on any atom is 0.291 e. The largest absolute Gasteiger partial charge is 0.459 e. The summed E-state index contributed by atoms with van der Waals surface area (Å²) in [7, 11) is 0. The van der Waals surface area contributed by atoms with Gasteiger partial charge in [0.25, 0.3) is 5.91 Å². The Hall–Kier alpha value is -1.83. The Kier molecular flexibility index (Phi) is 6.90. The summed E-state index contributed by atoms with van der Waals surface area (Å²) in [6.45, 7) is 6.59. The van der Waals surface area contributed by atoms with Gasteiger partial charge in [-0.2, -0.15) is 0 Å². The third-order valence-electron chi connectivity index (χ3n) is 5.61. The van der Waals surface area contributed by atoms with Gasteiger partial charge < -0.3 is 19.4 Å². The number of hydrogen-bond donors (Lipinski definition) is 1. The lowest BCUT2D eigenvalue weighted by Crippen LogP contribution is -2.37. The van der Waals surface area contributed by atoms with Crippen LogP contribution in [0, 0.1) is 0 Å². The second-order valence-corrected chi connectivity index (χ2v) is 8.51. The van der Waals surface area contributed by atoms with E-state index in [-0.39, 0.29) is 5.91 Å². The number of furan rings is 1. The summed E-state index contributed by atoms with van der Waals surface area (Å²) in [6.07, 6.45) is 6.07. The first-order valence-electron chi connectivity index (χ1n) is 10.4. The molecule has 0 unspecified atom stereocenters. The molecule has 1 aromatic carbocycles. The molecule has 0 bridgehead atoms. The van der Waals surface area contributed by atoms with E-state index in [2.05, 4.69) is 43.2 Å². The number of rotatable bonds is 6. The molecule has 0 atom stereocenters. The number of hydrogen-bond acceptors (Lipinski definition) is 5. The van der Waals surface area contributed by atoms with Crippen LogP contribution in [-0.4, -0.2) is 56.7 Å². The normalized spacial score (nSPS) is 18.0. The number of nitrogens with zero attached hydrogens (tertiary/aromatic N) is 2. The van der Waals surface area contributed by atoms with Crippen molar-refractivity contribution in [2.45, 2.75) is 25.7 Å². The average molecular weight is 462 g/mol. The summed E-state index contributed by atoms with van der Waals surface area (Å²) < 4.78 is 11.8. The van der Waals surface area contributed by atoms with Gasteiger partial charge in [0.2, 0.25) is 0 Å². The fraction of sp³-hybridized carbons (Fsp3) is 0.500. The van der Waals surface area contributed by atoms with Crippen molar-refractivity contribution in [1.82, 2.24) is 4.90 Å². The maximum atomic E-state index is 12.7. The molecule has 2 aromatic rings. The lowest BCUT2D eigenvalue weighted by molar-refractivity contribution is 0.0384. The van der Waals surface area contributed by atoms with E-state index in [9.17, 15) is 4.79 Å². The molecule has 0 aliphatic carbocycles. The highest BCUT2D eigenvalue weighted by atomic mass is 79.9. The van der Waals surface area contributed by atoms with E-state index < -0.39 is 0 Å². The van der Waals surface area contributed by atoms with Crippen LogP contribution < -0.4 is 10.2 Å². The van der Waals surface area contributed by atoms with Gasteiger partial charge in [-0.25, -0.2) is 0 Å². The van der Waals surface area contributed by atoms with Crippen LogP contribution in [-0.2, 0) is 11.2 Å². The molecule has 3 heterocycles. The van der Waals surface area contributed by atoms with E-state index >= 15 is 0 Å². The molecule has 6 nitrogen and oxygen atoms in total. The molecule has 4 rings (SSSR count). The van der Waals surface area contributed by atoms with E-state index in [1.807, 2.05) is 0 Å². The summed E-state index contributed by atoms with van der Waals surface area (Å²) in [5.74, 6) is 0.106. The smallest absolute Gasteiger partial charge is 0.291 e. The van der Waals surface area contributed by atoms with Gasteiger partial charge in [0.1, 0.15) is 0 Å². The highest BCUT2D eigenvalue weighted by molar-refractivity contribution is 9.10. The Balaban J connectivity index is 1.56. The number of amides is 1. The van der Waals surface area contributed by atoms with Gasteiger partial charge in [-0.05, 0) is 71.4 Å². The molecule has 2 aliphatic rings. The number of carbonyl (C=O) groups excluding carboxylic acids is 1. The SMILES string of the molecule is O=C(Nc1cc(CCN2CCOCC2)cc(Br)c1N1CCCCC1)c1ccco1. The average Bonchev–Trinajstić information content (AvgIpc) is 3.29. The van der Waals surface area contributed by atoms with Gasteiger partial charge >= 0.3 is 0 Å². The molecule has 0 spiro atoms. The lowest BCUT2D eigenvalue weighted by atomic mass is 10.1. The van der Waals surface area contributed by atoms with Crippen molar-refractivity contribution in [3.8, 4) is 0 Å². The first-order valence-corrected chi connectivity index (χ1v) is 11.2. The predicted octanol–water partition coefficient (Wildman–Crippen LogP) is 4.16. The summed E-state index contributed by atoms with van der Waals surface area (Å²) in [5.41, 5.74) is 3.12. The van der Waals surface area contributed by atoms with Gasteiger partial charge in [0.05, 0.1) is 30.9 Å². The van der Waals surface area contributed by atoms with Crippen molar-refractivity contribution in [1.29, 1.82) is 0 Å². The Morgan fingerprint density at radius 1 is 1.10 bits per heavy atom. The summed E-state index contributed by atoms with van der Waals surface area (Å²) in [6, 6.07) is 7.74. The monoisotopic (exact) mass is 461 g/mol. The molecule has 7 heteroatoms. The second-order valence-electron chi connectivity index (χ2n) is 7.66. The zero-order chi connectivity index (χ0) is 20.1. The van der Waals surface area contributed by atoms with Crippen molar-refractivity contribution in [3.63, 3.8) is 0 Å². The van der Waals surface area contributed by atoms with Gasteiger partial charge in [0, 0.05) is 37.2 Å². The predicted molar refractivity (Wildman–Crippen MR) is 118 cm³/mol. The van der Waals surface area contributed by atoms with Crippen molar-refractivity contribution < 1.29 is 13.9 Å². The zero-order valence-corrected chi connectivity index (χ0v) is 18.2. The van der Waals surface area contributed by atoms with E-state index in [0.717, 1.165) is 68.2 Å². The minimum atomic E-state index is -0.217. The van der Waals surface area contributed by atoms with Crippen LogP contribution in [0.25, 0.3) is 0 Å². The number of nitrogens with one attached hydrogen (secondary N) is 1. The van der Waals surface area contributed by atoms with Gasteiger partial charge in [-0.15, -0.1) is 0 Å². The number of morpholine rings is 1. The first kappa shape index (κ1) is 20.4. The van der Waals surface area contributed by atoms with Crippen molar-refractivity contribution in [2.24, 2.45) is 0 Å². The number of ether oxygens (including phenoxy) is 1. The first-order chi connectivity index (χ1) is 14.2. The van der Waals surface area contributed by atoms with Crippen LogP contribution in [0.5, 0.6) is 0 Å². The highest BCUT2D eigenvalue weighted by Gasteiger charge is 2.21. The van der Waals surface area contributed by atoms with Crippen molar-refractivity contribution in [3.05, 3.63) is 46.3 Å². The van der Waals surface area contributed by atoms with E-state index in [4.69, 9.17) is 9.15 Å². The third-order valence-corrected chi connectivity index (χ3v) is 6.21. The molecular formula is C22H28BrN3O3. The molecule has 29 heavy (non-hydrogen) atoms. The van der Waals surface area contributed by atoms with Crippen LogP contribution in [0.3, 0.4) is 0 Å². The van der Waals surface area contributed by atoms with Gasteiger partial charge in [-0.3, -0.25) is 9.69 Å². The molecule has 1 aromatic heterocycles. The number of piperidine rings is 1. The van der Waals surface area contributed by atoms with Crippen LogP contribution in [0.1, 0.15) is 35.4 Å². The zero-order valence-electron chi connectivity index (χ0n) is 16.7. The Bertz CT molecular complexity index is 813. The van der Waals surface area contributed by atoms with Crippen LogP contribution in [0.4, 0.5) is 11.4 Å². The van der Waals surface area contributed by atoms with Crippen molar-refractivity contribution in [2.75, 3.05) is 56.2 Å². The molecule has 0 saturated carbocycles. The molecule has 2 aliphatic heterocycles. The minimum absolute atomic E-state index is 0.217. The summed E-state index contributed by atoms with van der Waals surface area (Å²) in [5, 5.41) is 3.09. The van der Waals surface area contributed by atoms with Crippen LogP contribution >= 0.6 is 15.9 Å². The number of halogens is 1. The Morgan fingerprint density at radius 3 is 2.62 bits per heavy atom. The third kappa shape index (κ3) is 5.21. The highest BCUT2D eigenvalue weighted by Crippen LogP contribution is 2.37. The molecule has 2 fully saturated rings. The fourth-order valence-corrected chi connectivity index (χ4v) is 4.80.